The first kappa shape index (κ1) is 11.2. The molecule has 0 amide bonds. The van der Waals surface area contributed by atoms with Crippen LogP contribution in [0.15, 0.2) is 30.3 Å². The van der Waals surface area contributed by atoms with Crippen molar-refractivity contribution in [1.82, 2.24) is 10.2 Å². The largest absolute Gasteiger partial charge is 0.372 e. The van der Waals surface area contributed by atoms with E-state index in [1.165, 1.54) is 0 Å². The molecular formula is C11H9Cl2N3. The van der Waals surface area contributed by atoms with Crippen molar-refractivity contribution in [2.45, 2.75) is 0 Å². The standard InChI is InChI=1S/C11H9Cl2N3/c1-14-10-6-5-9(15-16-10)7-3-2-4-8(12)11(7)13/h2-6H,1H3,(H,14,16). The van der Waals surface area contributed by atoms with E-state index in [-0.39, 0.29) is 0 Å². The highest BCUT2D eigenvalue weighted by molar-refractivity contribution is 6.43. The van der Waals surface area contributed by atoms with E-state index in [0.717, 1.165) is 5.56 Å². The van der Waals surface area contributed by atoms with E-state index in [0.29, 0.717) is 21.6 Å². The van der Waals surface area contributed by atoms with Gasteiger partial charge in [-0.1, -0.05) is 35.3 Å². The minimum absolute atomic E-state index is 0.496. The predicted molar refractivity (Wildman–Crippen MR) is 67.0 cm³/mol. The molecule has 0 fully saturated rings. The Hall–Kier alpha value is -1.32. The molecule has 3 nitrogen and oxygen atoms in total. The Morgan fingerprint density at radius 3 is 2.50 bits per heavy atom. The average molecular weight is 254 g/mol. The van der Waals surface area contributed by atoms with E-state index < -0.39 is 0 Å². The van der Waals surface area contributed by atoms with Crippen LogP contribution in [0.25, 0.3) is 11.3 Å². The minimum atomic E-state index is 0.496. The minimum Gasteiger partial charge on any atom is -0.372 e. The molecule has 0 unspecified atom stereocenters. The topological polar surface area (TPSA) is 37.8 Å². The van der Waals surface area contributed by atoms with Gasteiger partial charge in [-0.15, -0.1) is 10.2 Å². The molecule has 0 aliphatic rings. The summed E-state index contributed by atoms with van der Waals surface area (Å²) >= 11 is 12.0. The summed E-state index contributed by atoms with van der Waals surface area (Å²) in [5.74, 6) is 0.710. The first-order chi connectivity index (χ1) is 7.72. The summed E-state index contributed by atoms with van der Waals surface area (Å²) in [6.45, 7) is 0. The van der Waals surface area contributed by atoms with Crippen LogP contribution in [0.5, 0.6) is 0 Å². The lowest BCUT2D eigenvalue weighted by molar-refractivity contribution is 1.04. The molecular weight excluding hydrogens is 245 g/mol. The Morgan fingerprint density at radius 1 is 1.06 bits per heavy atom. The maximum absolute atomic E-state index is 6.09. The number of nitrogens with one attached hydrogen (secondary N) is 1. The van der Waals surface area contributed by atoms with Crippen molar-refractivity contribution in [2.75, 3.05) is 12.4 Å². The molecule has 0 aliphatic carbocycles. The van der Waals surface area contributed by atoms with Gasteiger partial charge in [-0.3, -0.25) is 0 Å². The van der Waals surface area contributed by atoms with Crippen molar-refractivity contribution >= 4 is 29.0 Å². The number of rotatable bonds is 2. The van der Waals surface area contributed by atoms with Gasteiger partial charge in [0.15, 0.2) is 0 Å². The van der Waals surface area contributed by atoms with Gasteiger partial charge in [-0.25, -0.2) is 0 Å². The molecule has 1 heterocycles. The van der Waals surface area contributed by atoms with Crippen LogP contribution in [0.3, 0.4) is 0 Å². The van der Waals surface area contributed by atoms with Gasteiger partial charge in [-0.05, 0) is 18.2 Å². The molecule has 1 N–H and O–H groups in total. The highest BCUT2D eigenvalue weighted by Gasteiger charge is 2.08. The van der Waals surface area contributed by atoms with Crippen LogP contribution < -0.4 is 5.32 Å². The summed E-state index contributed by atoms with van der Waals surface area (Å²) in [6, 6.07) is 9.10. The van der Waals surface area contributed by atoms with Gasteiger partial charge in [-0.2, -0.15) is 0 Å². The molecule has 0 radical (unpaired) electrons. The van der Waals surface area contributed by atoms with Gasteiger partial charge < -0.3 is 5.32 Å². The third kappa shape index (κ3) is 2.10. The van der Waals surface area contributed by atoms with Crippen LogP contribution in [-0.4, -0.2) is 17.2 Å². The lowest BCUT2D eigenvalue weighted by Gasteiger charge is -2.05. The highest BCUT2D eigenvalue weighted by Crippen LogP contribution is 2.32. The highest BCUT2D eigenvalue weighted by atomic mass is 35.5. The number of halogens is 2. The Kier molecular flexibility index (Phi) is 3.27. The average Bonchev–Trinajstić information content (AvgIpc) is 2.33. The Bertz CT molecular complexity index is 497. The second-order valence-corrected chi connectivity index (χ2v) is 3.94. The SMILES string of the molecule is CNc1ccc(-c2cccc(Cl)c2Cl)nn1. The summed E-state index contributed by atoms with van der Waals surface area (Å²) in [6.07, 6.45) is 0. The van der Waals surface area contributed by atoms with Crippen molar-refractivity contribution in [2.24, 2.45) is 0 Å². The molecule has 82 valence electrons. The summed E-state index contributed by atoms with van der Waals surface area (Å²) in [4.78, 5) is 0. The molecule has 0 saturated heterocycles. The molecule has 0 aliphatic heterocycles. The number of anilines is 1. The summed E-state index contributed by atoms with van der Waals surface area (Å²) in [7, 11) is 1.79. The van der Waals surface area contributed by atoms with Gasteiger partial charge in [0.1, 0.15) is 5.82 Å². The van der Waals surface area contributed by atoms with Gasteiger partial charge in [0.05, 0.1) is 15.7 Å². The van der Waals surface area contributed by atoms with E-state index in [2.05, 4.69) is 15.5 Å². The van der Waals surface area contributed by atoms with E-state index in [1.807, 2.05) is 24.3 Å². The zero-order chi connectivity index (χ0) is 11.5. The number of hydrogen-bond donors (Lipinski definition) is 1. The second kappa shape index (κ2) is 4.68. The van der Waals surface area contributed by atoms with Gasteiger partial charge in [0.25, 0.3) is 0 Å². The Labute approximate surface area is 103 Å². The fourth-order valence-electron chi connectivity index (χ4n) is 1.31. The molecule has 0 spiro atoms. The molecule has 0 bridgehead atoms. The smallest absolute Gasteiger partial charge is 0.148 e. The normalized spacial score (nSPS) is 10.2. The van der Waals surface area contributed by atoms with Crippen LogP contribution in [0.1, 0.15) is 0 Å². The van der Waals surface area contributed by atoms with Crippen LogP contribution in [0.2, 0.25) is 10.0 Å². The molecule has 1 aromatic heterocycles. The Morgan fingerprint density at radius 2 is 1.88 bits per heavy atom. The van der Waals surface area contributed by atoms with Gasteiger partial charge in [0, 0.05) is 12.6 Å². The van der Waals surface area contributed by atoms with E-state index in [4.69, 9.17) is 23.2 Å². The van der Waals surface area contributed by atoms with E-state index >= 15 is 0 Å². The lowest BCUT2D eigenvalue weighted by Crippen LogP contribution is -1.95. The quantitative estimate of drug-likeness (QED) is 0.891. The van der Waals surface area contributed by atoms with Crippen LogP contribution >= 0.6 is 23.2 Å². The maximum atomic E-state index is 6.09. The molecule has 0 atom stereocenters. The molecule has 0 saturated carbocycles. The zero-order valence-corrected chi connectivity index (χ0v) is 10.0. The van der Waals surface area contributed by atoms with Crippen molar-refractivity contribution in [3.05, 3.63) is 40.4 Å². The predicted octanol–water partition coefficient (Wildman–Crippen LogP) is 3.49. The summed E-state index contributed by atoms with van der Waals surface area (Å²) in [5, 5.41) is 12.0. The maximum Gasteiger partial charge on any atom is 0.148 e. The van der Waals surface area contributed by atoms with Crippen LogP contribution in [0.4, 0.5) is 5.82 Å². The van der Waals surface area contributed by atoms with E-state index in [1.54, 1.807) is 13.1 Å². The lowest BCUT2D eigenvalue weighted by atomic mass is 10.1. The Balaban J connectivity index is 2.46. The fraction of sp³-hybridized carbons (Fsp3) is 0.0909. The first-order valence-corrected chi connectivity index (χ1v) is 5.44. The molecule has 5 heteroatoms. The third-order valence-electron chi connectivity index (χ3n) is 2.15. The number of nitrogens with zero attached hydrogens (tertiary/aromatic N) is 2. The van der Waals surface area contributed by atoms with Crippen molar-refractivity contribution in [3.63, 3.8) is 0 Å². The van der Waals surface area contributed by atoms with Gasteiger partial charge >= 0.3 is 0 Å². The van der Waals surface area contributed by atoms with Crippen molar-refractivity contribution in [1.29, 1.82) is 0 Å². The van der Waals surface area contributed by atoms with Crippen molar-refractivity contribution < 1.29 is 0 Å². The molecule has 1 aromatic carbocycles. The molecule has 2 rings (SSSR count). The fourth-order valence-corrected chi connectivity index (χ4v) is 1.71. The van der Waals surface area contributed by atoms with Crippen LogP contribution in [0, 0.1) is 0 Å². The number of benzene rings is 1. The second-order valence-electron chi connectivity index (χ2n) is 3.16. The monoisotopic (exact) mass is 253 g/mol. The van der Waals surface area contributed by atoms with Gasteiger partial charge in [0.2, 0.25) is 0 Å². The molecule has 16 heavy (non-hydrogen) atoms. The summed E-state index contributed by atoms with van der Waals surface area (Å²) in [5.41, 5.74) is 1.48. The molecule has 2 aromatic rings. The zero-order valence-electron chi connectivity index (χ0n) is 8.54. The first-order valence-electron chi connectivity index (χ1n) is 4.68. The number of hydrogen-bond acceptors (Lipinski definition) is 3. The number of aromatic nitrogens is 2. The summed E-state index contributed by atoms with van der Waals surface area (Å²) < 4.78 is 0. The van der Waals surface area contributed by atoms with Crippen LogP contribution in [-0.2, 0) is 0 Å². The third-order valence-corrected chi connectivity index (χ3v) is 2.97. The van der Waals surface area contributed by atoms with E-state index in [9.17, 15) is 0 Å². The van der Waals surface area contributed by atoms with Crippen molar-refractivity contribution in [3.8, 4) is 11.3 Å².